The van der Waals surface area contributed by atoms with Crippen LogP contribution in [0.15, 0.2) is 133 Å². The van der Waals surface area contributed by atoms with Crippen LogP contribution in [0.2, 0.25) is 0 Å². The summed E-state index contributed by atoms with van der Waals surface area (Å²) in [6, 6.07) is 48.8. The van der Waals surface area contributed by atoms with Gasteiger partial charge in [-0.25, -0.2) is 0 Å². The first-order chi connectivity index (χ1) is 20.9. The first-order valence-corrected chi connectivity index (χ1v) is 15.1. The molecule has 0 saturated heterocycles. The summed E-state index contributed by atoms with van der Waals surface area (Å²) in [6.45, 7) is 0.166. The Morgan fingerprint density at radius 1 is 0.452 bits per heavy atom. The molecular formula is C38H30BN3. The lowest BCUT2D eigenvalue weighted by atomic mass is 9.33. The standard InChI is InChI=1S/C38H30BN3/c1-4-15-27(16-5-1)40-33-24-13-11-22-31(33)39-36-30-21-10-12-23-32(30)41(28-17-6-2-7-18-28)38(36)42(29-19-8-3-9-20-29)35-26-14-25-34(40)37(35)39/h1-9,11,13-20,22,24-26H,10,12,21,23H2. The van der Waals surface area contributed by atoms with Crippen molar-refractivity contribution < 1.29 is 0 Å². The monoisotopic (exact) mass is 539 g/mol. The Hall–Kier alpha value is -4.96. The summed E-state index contributed by atoms with van der Waals surface area (Å²) in [6.07, 6.45) is 4.70. The summed E-state index contributed by atoms with van der Waals surface area (Å²) in [4.78, 5) is 5.02. The molecule has 0 saturated carbocycles. The van der Waals surface area contributed by atoms with Crippen LogP contribution >= 0.6 is 0 Å². The minimum absolute atomic E-state index is 0.166. The molecule has 0 N–H and O–H groups in total. The zero-order valence-electron chi connectivity index (χ0n) is 23.4. The van der Waals surface area contributed by atoms with Crippen LogP contribution in [0.3, 0.4) is 0 Å². The second-order valence-corrected chi connectivity index (χ2v) is 11.6. The molecule has 4 heteroatoms. The lowest BCUT2D eigenvalue weighted by molar-refractivity contribution is 0.664. The predicted octanol–water partition coefficient (Wildman–Crippen LogP) is 7.44. The lowest BCUT2D eigenvalue weighted by Gasteiger charge is -2.43. The number of benzene rings is 5. The van der Waals surface area contributed by atoms with Gasteiger partial charge in [-0.2, -0.15) is 0 Å². The van der Waals surface area contributed by atoms with Crippen LogP contribution in [0.1, 0.15) is 24.1 Å². The van der Waals surface area contributed by atoms with Gasteiger partial charge in [0.1, 0.15) is 5.82 Å². The molecule has 0 radical (unpaired) electrons. The van der Waals surface area contributed by atoms with E-state index in [1.54, 1.807) is 5.56 Å². The zero-order chi connectivity index (χ0) is 27.6. The van der Waals surface area contributed by atoms with Crippen molar-refractivity contribution in [2.24, 2.45) is 0 Å². The Morgan fingerprint density at radius 3 is 1.71 bits per heavy atom. The van der Waals surface area contributed by atoms with Gasteiger partial charge in [0.25, 0.3) is 6.71 Å². The highest BCUT2D eigenvalue weighted by atomic mass is 15.3. The third kappa shape index (κ3) is 3.29. The molecule has 0 amide bonds. The Balaban J connectivity index is 1.43. The van der Waals surface area contributed by atoms with Crippen LogP contribution in [0.5, 0.6) is 0 Å². The minimum atomic E-state index is 0.166. The van der Waals surface area contributed by atoms with Gasteiger partial charge in [0.15, 0.2) is 0 Å². The largest absolute Gasteiger partial charge is 0.311 e. The average molecular weight is 539 g/mol. The SMILES string of the molecule is c1ccc(N2c3ccccc3B3c4c2cccc4N(c2ccccc2)c2c3c3c(n2-c2ccccc2)CCCC3)cc1. The molecule has 3 nitrogen and oxygen atoms in total. The van der Waals surface area contributed by atoms with E-state index in [1.807, 2.05) is 0 Å². The summed E-state index contributed by atoms with van der Waals surface area (Å²) >= 11 is 0. The fourth-order valence-corrected chi connectivity index (χ4v) is 7.74. The number of fused-ring (bicyclic) bond motifs is 6. The molecule has 0 fully saturated rings. The highest BCUT2D eigenvalue weighted by Gasteiger charge is 2.47. The van der Waals surface area contributed by atoms with Gasteiger partial charge in [0, 0.05) is 39.8 Å². The third-order valence-electron chi connectivity index (χ3n) is 9.35. The predicted molar refractivity (Wildman–Crippen MR) is 176 cm³/mol. The van der Waals surface area contributed by atoms with Crippen LogP contribution in [-0.4, -0.2) is 11.3 Å². The average Bonchev–Trinajstić information content (AvgIpc) is 3.40. The van der Waals surface area contributed by atoms with E-state index in [2.05, 4.69) is 148 Å². The fraction of sp³-hybridized carbons (Fsp3) is 0.105. The smallest absolute Gasteiger partial charge is 0.254 e. The highest BCUT2D eigenvalue weighted by Crippen LogP contribution is 2.46. The van der Waals surface area contributed by atoms with Gasteiger partial charge in [0.2, 0.25) is 0 Å². The summed E-state index contributed by atoms with van der Waals surface area (Å²) in [5.41, 5.74) is 14.7. The molecule has 0 atom stereocenters. The number of aromatic nitrogens is 1. The van der Waals surface area contributed by atoms with Gasteiger partial charge < -0.3 is 9.47 Å². The molecule has 200 valence electrons. The van der Waals surface area contributed by atoms with Gasteiger partial charge in [-0.15, -0.1) is 0 Å². The molecule has 0 unspecified atom stereocenters. The quantitative estimate of drug-likeness (QED) is 0.216. The van der Waals surface area contributed by atoms with E-state index >= 15 is 0 Å². The molecule has 2 aliphatic heterocycles. The second-order valence-electron chi connectivity index (χ2n) is 11.6. The maximum atomic E-state index is 2.60. The van der Waals surface area contributed by atoms with Crippen molar-refractivity contribution in [1.82, 2.24) is 4.57 Å². The summed E-state index contributed by atoms with van der Waals surface area (Å²) in [5, 5.41) is 0. The molecule has 1 aliphatic carbocycles. The number of rotatable bonds is 3. The molecule has 1 aromatic heterocycles. The molecule has 5 aromatic carbocycles. The van der Waals surface area contributed by atoms with Gasteiger partial charge >= 0.3 is 0 Å². The molecule has 9 rings (SSSR count). The van der Waals surface area contributed by atoms with Gasteiger partial charge in [0.05, 0.1) is 0 Å². The number of para-hydroxylation sites is 4. The van der Waals surface area contributed by atoms with Crippen molar-refractivity contribution in [2.75, 3.05) is 9.80 Å². The second kappa shape index (κ2) is 9.29. The normalized spacial score (nSPS) is 14.6. The molecule has 3 heterocycles. The van der Waals surface area contributed by atoms with E-state index in [1.165, 1.54) is 74.9 Å². The highest BCUT2D eigenvalue weighted by molar-refractivity contribution is 7.00. The van der Waals surface area contributed by atoms with Gasteiger partial charge in [-0.05, 0) is 102 Å². The fourth-order valence-electron chi connectivity index (χ4n) is 7.74. The summed E-state index contributed by atoms with van der Waals surface area (Å²) in [7, 11) is 0. The molecule has 42 heavy (non-hydrogen) atoms. The molecule has 0 spiro atoms. The Kier molecular flexibility index (Phi) is 5.24. The van der Waals surface area contributed by atoms with Crippen LogP contribution in [0, 0.1) is 0 Å². The van der Waals surface area contributed by atoms with E-state index in [9.17, 15) is 0 Å². The van der Waals surface area contributed by atoms with Crippen LogP contribution in [-0.2, 0) is 12.8 Å². The Bertz CT molecular complexity index is 1950. The van der Waals surface area contributed by atoms with E-state index in [-0.39, 0.29) is 6.71 Å². The number of anilines is 6. The maximum Gasteiger partial charge on any atom is 0.254 e. The first-order valence-electron chi connectivity index (χ1n) is 15.1. The van der Waals surface area contributed by atoms with E-state index < -0.39 is 0 Å². The Labute approximate surface area is 247 Å². The van der Waals surface area contributed by atoms with E-state index in [0.29, 0.717) is 0 Å². The van der Waals surface area contributed by atoms with Crippen LogP contribution < -0.4 is 26.2 Å². The topological polar surface area (TPSA) is 11.4 Å². The van der Waals surface area contributed by atoms with Crippen molar-refractivity contribution in [2.45, 2.75) is 25.7 Å². The lowest BCUT2D eigenvalue weighted by Crippen LogP contribution is -2.62. The maximum absolute atomic E-state index is 2.60. The van der Waals surface area contributed by atoms with Gasteiger partial charge in [-0.3, -0.25) is 4.90 Å². The molecular weight excluding hydrogens is 509 g/mol. The molecule has 0 bridgehead atoms. The number of hydrogen-bond donors (Lipinski definition) is 0. The van der Waals surface area contributed by atoms with Crippen LogP contribution in [0.4, 0.5) is 34.3 Å². The molecule has 6 aromatic rings. The summed E-state index contributed by atoms with van der Waals surface area (Å²) < 4.78 is 2.60. The molecule has 3 aliphatic rings. The van der Waals surface area contributed by atoms with Crippen molar-refractivity contribution in [3.63, 3.8) is 0 Å². The third-order valence-corrected chi connectivity index (χ3v) is 9.35. The van der Waals surface area contributed by atoms with Crippen molar-refractivity contribution in [3.8, 4) is 5.69 Å². The minimum Gasteiger partial charge on any atom is -0.311 e. The first kappa shape index (κ1) is 23.7. The number of nitrogens with zero attached hydrogens (tertiary/aromatic N) is 3. The van der Waals surface area contributed by atoms with Crippen molar-refractivity contribution >= 4 is 57.4 Å². The summed E-state index contributed by atoms with van der Waals surface area (Å²) in [5.74, 6) is 1.30. The van der Waals surface area contributed by atoms with Crippen LogP contribution in [0.25, 0.3) is 5.69 Å². The van der Waals surface area contributed by atoms with Crippen molar-refractivity contribution in [3.05, 3.63) is 145 Å². The Morgan fingerprint density at radius 2 is 1.00 bits per heavy atom. The van der Waals surface area contributed by atoms with E-state index in [0.717, 1.165) is 12.8 Å². The van der Waals surface area contributed by atoms with E-state index in [4.69, 9.17) is 0 Å². The van der Waals surface area contributed by atoms with Gasteiger partial charge in [-0.1, -0.05) is 78.9 Å². The van der Waals surface area contributed by atoms with Crippen molar-refractivity contribution in [1.29, 1.82) is 0 Å². The zero-order valence-corrected chi connectivity index (χ0v) is 23.4. The number of hydrogen-bond acceptors (Lipinski definition) is 2.